The van der Waals surface area contributed by atoms with Crippen LogP contribution in [0, 0.1) is 10.1 Å². The summed E-state index contributed by atoms with van der Waals surface area (Å²) >= 11 is 0. The highest BCUT2D eigenvalue weighted by molar-refractivity contribution is 6.51. The third-order valence-corrected chi connectivity index (χ3v) is 5.54. The predicted octanol–water partition coefficient (Wildman–Crippen LogP) is 4.24. The summed E-state index contributed by atoms with van der Waals surface area (Å²) in [6.07, 6.45) is 0. The van der Waals surface area contributed by atoms with Crippen LogP contribution in [-0.4, -0.2) is 35.9 Å². The Balaban J connectivity index is 2.02. The summed E-state index contributed by atoms with van der Waals surface area (Å²) in [5.74, 6) is -1.47. The SMILES string of the molecule is COc1ccc(OC)c(C2/C(=C(\O)c3ccccc3)C(=O)C(=O)N2c2cccc([N+](=O)[O-])c2)c1. The largest absolute Gasteiger partial charge is 0.507 e. The Morgan fingerprint density at radius 1 is 0.971 bits per heavy atom. The van der Waals surface area contributed by atoms with Crippen molar-refractivity contribution in [1.82, 2.24) is 0 Å². The van der Waals surface area contributed by atoms with Crippen LogP contribution in [0.2, 0.25) is 0 Å². The first-order valence-corrected chi connectivity index (χ1v) is 10.2. The van der Waals surface area contributed by atoms with E-state index in [2.05, 4.69) is 0 Å². The van der Waals surface area contributed by atoms with Gasteiger partial charge in [-0.2, -0.15) is 0 Å². The van der Waals surface area contributed by atoms with Crippen molar-refractivity contribution in [3.63, 3.8) is 0 Å². The zero-order valence-electron chi connectivity index (χ0n) is 18.3. The molecule has 0 aromatic heterocycles. The lowest BCUT2D eigenvalue weighted by Crippen LogP contribution is -2.29. The normalized spacial score (nSPS) is 17.0. The molecule has 1 N–H and O–H groups in total. The maximum absolute atomic E-state index is 13.3. The number of amides is 1. The van der Waals surface area contributed by atoms with Gasteiger partial charge < -0.3 is 14.6 Å². The number of non-ortho nitro benzene ring substituents is 1. The van der Waals surface area contributed by atoms with Crippen LogP contribution in [0.3, 0.4) is 0 Å². The molecule has 9 nitrogen and oxygen atoms in total. The Hall–Kier alpha value is -4.66. The maximum Gasteiger partial charge on any atom is 0.300 e. The van der Waals surface area contributed by atoms with Crippen molar-refractivity contribution in [3.8, 4) is 11.5 Å². The summed E-state index contributed by atoms with van der Waals surface area (Å²) in [7, 11) is 2.90. The Morgan fingerprint density at radius 3 is 2.35 bits per heavy atom. The number of ketones is 1. The quantitative estimate of drug-likeness (QED) is 0.192. The van der Waals surface area contributed by atoms with Gasteiger partial charge in [0.15, 0.2) is 0 Å². The molecule has 1 aliphatic rings. The van der Waals surface area contributed by atoms with E-state index in [0.29, 0.717) is 22.6 Å². The van der Waals surface area contributed by atoms with Crippen LogP contribution in [0.1, 0.15) is 17.2 Å². The minimum Gasteiger partial charge on any atom is -0.507 e. The van der Waals surface area contributed by atoms with Gasteiger partial charge in [-0.05, 0) is 24.3 Å². The average Bonchev–Trinajstić information content (AvgIpc) is 3.13. The number of aliphatic hydroxyl groups excluding tert-OH is 1. The second-order valence-electron chi connectivity index (χ2n) is 7.42. The number of rotatable bonds is 6. The van der Waals surface area contributed by atoms with Crippen LogP contribution in [-0.2, 0) is 9.59 Å². The number of anilines is 1. The average molecular weight is 460 g/mol. The van der Waals surface area contributed by atoms with Gasteiger partial charge in [-0.1, -0.05) is 36.4 Å². The van der Waals surface area contributed by atoms with Crippen molar-refractivity contribution in [2.24, 2.45) is 0 Å². The monoisotopic (exact) mass is 460 g/mol. The summed E-state index contributed by atoms with van der Waals surface area (Å²) in [5.41, 5.74) is 0.405. The van der Waals surface area contributed by atoms with Crippen molar-refractivity contribution in [3.05, 3.63) is 99.6 Å². The third kappa shape index (κ3) is 3.83. The second kappa shape index (κ2) is 9.07. The third-order valence-electron chi connectivity index (χ3n) is 5.54. The molecule has 0 saturated carbocycles. The molecule has 1 saturated heterocycles. The number of hydrogen-bond acceptors (Lipinski definition) is 7. The standard InChI is InChI=1S/C25H20N2O7/c1-33-18-11-12-20(34-2)19(14-18)22-21(23(28)15-7-4-3-5-8-15)24(29)25(30)26(22)16-9-6-10-17(13-16)27(31)32/h3-14,22,28H,1-2H3/b23-21+. The molecule has 1 heterocycles. The van der Waals surface area contributed by atoms with E-state index in [1.165, 1.54) is 38.5 Å². The molecule has 34 heavy (non-hydrogen) atoms. The van der Waals surface area contributed by atoms with E-state index in [1.54, 1.807) is 48.5 Å². The Kier molecular flexibility index (Phi) is 6.01. The number of nitrogens with zero attached hydrogens (tertiary/aromatic N) is 2. The van der Waals surface area contributed by atoms with Gasteiger partial charge >= 0.3 is 0 Å². The number of methoxy groups -OCH3 is 2. The molecular weight excluding hydrogens is 440 g/mol. The highest BCUT2D eigenvalue weighted by Gasteiger charge is 2.48. The van der Waals surface area contributed by atoms with E-state index in [1.807, 2.05) is 0 Å². The molecule has 0 aliphatic carbocycles. The molecule has 0 bridgehead atoms. The van der Waals surface area contributed by atoms with Crippen LogP contribution in [0.15, 0.2) is 78.4 Å². The number of ether oxygens (including phenoxy) is 2. The lowest BCUT2D eigenvalue weighted by Gasteiger charge is -2.27. The lowest BCUT2D eigenvalue weighted by molar-refractivity contribution is -0.384. The first-order valence-electron chi connectivity index (χ1n) is 10.2. The molecule has 9 heteroatoms. The van der Waals surface area contributed by atoms with Gasteiger partial charge in [0.2, 0.25) is 0 Å². The second-order valence-corrected chi connectivity index (χ2v) is 7.42. The lowest BCUT2D eigenvalue weighted by atomic mass is 9.94. The first-order chi connectivity index (χ1) is 16.4. The minimum absolute atomic E-state index is 0.123. The molecule has 3 aromatic carbocycles. The smallest absolute Gasteiger partial charge is 0.300 e. The molecule has 0 radical (unpaired) electrons. The van der Waals surface area contributed by atoms with Crippen LogP contribution in [0.25, 0.3) is 5.76 Å². The Labute approximate surface area is 194 Å². The number of hydrogen-bond donors (Lipinski definition) is 1. The number of carbonyl (C=O) groups excluding carboxylic acids is 2. The maximum atomic E-state index is 13.3. The van der Waals surface area contributed by atoms with E-state index >= 15 is 0 Å². The van der Waals surface area contributed by atoms with Gasteiger partial charge in [-0.15, -0.1) is 0 Å². The number of carbonyl (C=O) groups is 2. The van der Waals surface area contributed by atoms with Gasteiger partial charge in [0.25, 0.3) is 17.4 Å². The summed E-state index contributed by atoms with van der Waals surface area (Å²) in [5, 5.41) is 22.5. The Morgan fingerprint density at radius 2 is 1.71 bits per heavy atom. The van der Waals surface area contributed by atoms with Crippen LogP contribution in [0.5, 0.6) is 11.5 Å². The zero-order chi connectivity index (χ0) is 24.4. The van der Waals surface area contributed by atoms with E-state index in [0.717, 1.165) is 4.90 Å². The number of Topliss-reactive ketones (excluding diaryl/α,β-unsaturated/α-hetero) is 1. The molecule has 0 spiro atoms. The molecule has 172 valence electrons. The molecule has 1 unspecified atom stereocenters. The van der Waals surface area contributed by atoms with Gasteiger partial charge in [-0.3, -0.25) is 24.6 Å². The van der Waals surface area contributed by atoms with Crippen molar-refractivity contribution < 1.29 is 29.1 Å². The number of benzene rings is 3. The van der Waals surface area contributed by atoms with Gasteiger partial charge in [0.05, 0.1) is 36.4 Å². The first kappa shape index (κ1) is 22.5. The van der Waals surface area contributed by atoms with E-state index < -0.39 is 22.7 Å². The molecule has 1 amide bonds. The molecule has 1 aliphatic heterocycles. The van der Waals surface area contributed by atoms with Crippen LogP contribution >= 0.6 is 0 Å². The fourth-order valence-electron chi connectivity index (χ4n) is 3.95. The summed E-state index contributed by atoms with van der Waals surface area (Å²) in [4.78, 5) is 38.4. The molecule has 4 rings (SSSR count). The van der Waals surface area contributed by atoms with Gasteiger partial charge in [-0.25, -0.2) is 0 Å². The van der Waals surface area contributed by atoms with Crippen molar-refractivity contribution in [2.45, 2.75) is 6.04 Å². The van der Waals surface area contributed by atoms with E-state index in [-0.39, 0.29) is 22.7 Å². The van der Waals surface area contributed by atoms with Crippen LogP contribution < -0.4 is 14.4 Å². The summed E-state index contributed by atoms with van der Waals surface area (Å²) in [6, 6.07) is 17.5. The topological polar surface area (TPSA) is 119 Å². The molecule has 3 aromatic rings. The van der Waals surface area contributed by atoms with Gasteiger partial charge in [0, 0.05) is 23.3 Å². The van der Waals surface area contributed by atoms with Crippen molar-refractivity contribution >= 4 is 28.8 Å². The van der Waals surface area contributed by atoms with Gasteiger partial charge in [0.1, 0.15) is 17.3 Å². The van der Waals surface area contributed by atoms with Crippen molar-refractivity contribution in [2.75, 3.05) is 19.1 Å². The number of nitro groups is 1. The van der Waals surface area contributed by atoms with E-state index in [9.17, 15) is 24.8 Å². The number of nitro benzene ring substituents is 1. The molecule has 1 atom stereocenters. The fraction of sp³-hybridized carbons (Fsp3) is 0.120. The predicted molar refractivity (Wildman–Crippen MR) is 124 cm³/mol. The Bertz CT molecular complexity index is 1320. The molecular formula is C25H20N2O7. The highest BCUT2D eigenvalue weighted by atomic mass is 16.6. The summed E-state index contributed by atoms with van der Waals surface area (Å²) < 4.78 is 10.8. The zero-order valence-corrected chi connectivity index (χ0v) is 18.3. The summed E-state index contributed by atoms with van der Waals surface area (Å²) in [6.45, 7) is 0. The number of aliphatic hydroxyl groups is 1. The minimum atomic E-state index is -1.13. The van der Waals surface area contributed by atoms with E-state index in [4.69, 9.17) is 9.47 Å². The molecule has 1 fully saturated rings. The van der Waals surface area contributed by atoms with Crippen molar-refractivity contribution in [1.29, 1.82) is 0 Å². The van der Waals surface area contributed by atoms with Crippen LogP contribution in [0.4, 0.5) is 11.4 Å². The highest BCUT2D eigenvalue weighted by Crippen LogP contribution is 2.46. The fourth-order valence-corrected chi connectivity index (χ4v) is 3.95.